The Balaban J connectivity index is 2.30. The second-order valence-electron chi connectivity index (χ2n) is 2.66. The van der Waals surface area contributed by atoms with Crippen LogP contribution in [0.25, 0.3) is 0 Å². The van der Waals surface area contributed by atoms with Gasteiger partial charge in [-0.2, -0.15) is 9.64 Å². The third kappa shape index (κ3) is 2.32. The van der Waals surface area contributed by atoms with E-state index in [-0.39, 0.29) is 0 Å². The van der Waals surface area contributed by atoms with Crippen molar-refractivity contribution in [2.75, 3.05) is 0 Å². The number of benzene rings is 1. The Labute approximate surface area is 101 Å². The molecule has 2 rings (SSSR count). The number of nitriles is 1. The lowest BCUT2D eigenvalue weighted by atomic mass is 10.4. The van der Waals surface area contributed by atoms with Gasteiger partial charge in [0, 0.05) is 4.90 Å². The lowest BCUT2D eigenvalue weighted by molar-refractivity contribution is 1.42. The Morgan fingerprint density at radius 2 is 2.07 bits per heavy atom. The smallest absolute Gasteiger partial charge is 0.161 e. The first-order chi connectivity index (χ1) is 7.31. The molecule has 0 fully saturated rings. The van der Waals surface area contributed by atoms with Crippen LogP contribution in [0.15, 0.2) is 39.4 Å². The Kier molecular flexibility index (Phi) is 3.27. The Bertz CT molecular complexity index is 502. The highest BCUT2D eigenvalue weighted by Crippen LogP contribution is 2.36. The topological polar surface area (TPSA) is 36.7 Å². The van der Waals surface area contributed by atoms with Crippen LogP contribution >= 0.6 is 34.9 Å². The zero-order valence-electron chi connectivity index (χ0n) is 7.48. The van der Waals surface area contributed by atoms with Crippen molar-refractivity contribution in [2.24, 2.45) is 0 Å². The van der Waals surface area contributed by atoms with E-state index in [1.165, 1.54) is 23.3 Å². The molecular formula is C10H5ClN2S2. The maximum atomic E-state index is 8.89. The Morgan fingerprint density at radius 3 is 2.73 bits per heavy atom. The number of nitrogens with zero attached hydrogens (tertiary/aromatic N) is 2. The maximum absolute atomic E-state index is 8.89. The average molecular weight is 253 g/mol. The van der Waals surface area contributed by atoms with E-state index in [4.69, 9.17) is 16.9 Å². The van der Waals surface area contributed by atoms with E-state index in [2.05, 4.69) is 10.4 Å². The molecule has 0 amide bonds. The number of hydrogen-bond donors (Lipinski definition) is 0. The van der Waals surface area contributed by atoms with E-state index >= 15 is 0 Å². The first-order valence-corrected chi connectivity index (χ1v) is 6.06. The van der Waals surface area contributed by atoms with Gasteiger partial charge in [-0.25, -0.2) is 0 Å². The molecule has 0 saturated carbocycles. The highest BCUT2D eigenvalue weighted by molar-refractivity contribution is 8.01. The number of aromatic nitrogens is 1. The van der Waals surface area contributed by atoms with E-state index in [1.54, 1.807) is 0 Å². The quantitative estimate of drug-likeness (QED) is 0.815. The summed E-state index contributed by atoms with van der Waals surface area (Å²) in [5, 5.41) is 9.18. The van der Waals surface area contributed by atoms with Crippen LogP contribution in [0.2, 0.25) is 5.15 Å². The summed E-state index contributed by atoms with van der Waals surface area (Å²) in [5.74, 6) is 0. The van der Waals surface area contributed by atoms with Crippen molar-refractivity contribution < 1.29 is 0 Å². The van der Waals surface area contributed by atoms with Crippen LogP contribution in [0.4, 0.5) is 0 Å². The van der Waals surface area contributed by atoms with E-state index < -0.39 is 0 Å². The largest absolute Gasteiger partial charge is 0.192 e. The first-order valence-electron chi connectivity index (χ1n) is 4.09. The zero-order chi connectivity index (χ0) is 10.7. The summed E-state index contributed by atoms with van der Waals surface area (Å²) in [4.78, 5) is 1.08. The summed E-state index contributed by atoms with van der Waals surface area (Å²) in [5.41, 5.74) is 0.468. The lowest BCUT2D eigenvalue weighted by Crippen LogP contribution is -1.74. The van der Waals surface area contributed by atoms with Crippen LogP contribution in [-0.2, 0) is 0 Å². The predicted molar refractivity (Wildman–Crippen MR) is 62.4 cm³/mol. The van der Waals surface area contributed by atoms with Gasteiger partial charge in [0.05, 0.1) is 0 Å². The van der Waals surface area contributed by atoms with E-state index in [1.807, 2.05) is 30.3 Å². The molecule has 1 heterocycles. The van der Waals surface area contributed by atoms with Crippen molar-refractivity contribution >= 4 is 34.9 Å². The van der Waals surface area contributed by atoms with Gasteiger partial charge in [-0.15, -0.1) is 0 Å². The first kappa shape index (κ1) is 10.5. The van der Waals surface area contributed by atoms with Gasteiger partial charge in [0.2, 0.25) is 0 Å². The molecule has 0 aliphatic rings. The molecule has 15 heavy (non-hydrogen) atoms. The molecule has 0 N–H and O–H groups in total. The SMILES string of the molecule is N#Cc1c(Cl)nsc1Sc1ccccc1. The molecule has 0 spiro atoms. The minimum Gasteiger partial charge on any atom is -0.192 e. The van der Waals surface area contributed by atoms with Crippen LogP contribution in [0.1, 0.15) is 5.56 Å². The maximum Gasteiger partial charge on any atom is 0.161 e. The van der Waals surface area contributed by atoms with Crippen LogP contribution in [0, 0.1) is 11.3 Å². The van der Waals surface area contributed by atoms with Crippen molar-refractivity contribution in [2.45, 2.75) is 9.10 Å². The molecule has 0 aliphatic carbocycles. The third-order valence-electron chi connectivity index (χ3n) is 1.68. The number of halogens is 1. The van der Waals surface area contributed by atoms with Gasteiger partial charge in [-0.05, 0) is 23.7 Å². The highest BCUT2D eigenvalue weighted by atomic mass is 35.5. The molecule has 1 aromatic carbocycles. The lowest BCUT2D eigenvalue weighted by Gasteiger charge is -1.96. The molecule has 2 aromatic rings. The number of rotatable bonds is 2. The minimum absolute atomic E-state index is 0.293. The summed E-state index contributed by atoms with van der Waals surface area (Å²) < 4.78 is 4.79. The second-order valence-corrected chi connectivity index (χ2v) is 5.14. The van der Waals surface area contributed by atoms with Crippen LogP contribution in [-0.4, -0.2) is 4.37 Å². The molecule has 0 aliphatic heterocycles. The van der Waals surface area contributed by atoms with Crippen LogP contribution in [0.5, 0.6) is 0 Å². The van der Waals surface area contributed by atoms with Gasteiger partial charge in [-0.3, -0.25) is 0 Å². The Hall–Kier alpha value is -1.02. The molecule has 5 heteroatoms. The van der Waals surface area contributed by atoms with E-state index in [0.29, 0.717) is 10.7 Å². The van der Waals surface area contributed by atoms with Crippen LogP contribution < -0.4 is 0 Å². The molecule has 0 bridgehead atoms. The third-order valence-corrected chi connectivity index (χ3v) is 4.07. The molecular weight excluding hydrogens is 248 g/mol. The fourth-order valence-electron chi connectivity index (χ4n) is 1.01. The van der Waals surface area contributed by atoms with Gasteiger partial charge < -0.3 is 0 Å². The Morgan fingerprint density at radius 1 is 1.33 bits per heavy atom. The number of hydrogen-bond acceptors (Lipinski definition) is 4. The zero-order valence-corrected chi connectivity index (χ0v) is 9.86. The fourth-order valence-corrected chi connectivity index (χ4v) is 3.16. The van der Waals surface area contributed by atoms with Gasteiger partial charge in [-0.1, -0.05) is 41.6 Å². The van der Waals surface area contributed by atoms with Crippen molar-refractivity contribution in [3.05, 3.63) is 41.0 Å². The van der Waals surface area contributed by atoms with Gasteiger partial charge in [0.25, 0.3) is 0 Å². The van der Waals surface area contributed by atoms with E-state index in [9.17, 15) is 0 Å². The molecule has 0 unspecified atom stereocenters. The predicted octanol–water partition coefficient (Wildman–Crippen LogP) is 3.82. The second kappa shape index (κ2) is 4.67. The average Bonchev–Trinajstić information content (AvgIpc) is 2.61. The van der Waals surface area contributed by atoms with Crippen LogP contribution in [0.3, 0.4) is 0 Å². The minimum atomic E-state index is 0.293. The van der Waals surface area contributed by atoms with Gasteiger partial charge >= 0.3 is 0 Å². The molecule has 2 nitrogen and oxygen atoms in total. The summed E-state index contributed by atoms with van der Waals surface area (Å²) >= 11 is 8.54. The summed E-state index contributed by atoms with van der Waals surface area (Å²) in [6.07, 6.45) is 0. The van der Waals surface area contributed by atoms with Crippen molar-refractivity contribution in [3.8, 4) is 6.07 Å². The summed E-state index contributed by atoms with van der Waals surface area (Å²) in [6, 6.07) is 11.9. The molecule has 0 radical (unpaired) electrons. The monoisotopic (exact) mass is 252 g/mol. The molecule has 0 atom stereocenters. The molecule has 0 saturated heterocycles. The molecule has 74 valence electrons. The van der Waals surface area contributed by atoms with Crippen molar-refractivity contribution in [1.29, 1.82) is 5.26 Å². The normalized spacial score (nSPS) is 9.87. The van der Waals surface area contributed by atoms with Gasteiger partial charge in [0.15, 0.2) is 5.15 Å². The fraction of sp³-hybridized carbons (Fsp3) is 0. The highest BCUT2D eigenvalue weighted by Gasteiger charge is 2.12. The van der Waals surface area contributed by atoms with Crippen molar-refractivity contribution in [3.63, 3.8) is 0 Å². The van der Waals surface area contributed by atoms with Gasteiger partial charge in [0.1, 0.15) is 15.8 Å². The summed E-state index contributed by atoms with van der Waals surface area (Å²) in [6.45, 7) is 0. The molecule has 1 aromatic heterocycles. The van der Waals surface area contributed by atoms with E-state index in [0.717, 1.165) is 9.10 Å². The van der Waals surface area contributed by atoms with Crippen molar-refractivity contribution in [1.82, 2.24) is 4.37 Å². The summed E-state index contributed by atoms with van der Waals surface area (Å²) in [7, 11) is 0. The standard InChI is InChI=1S/C10H5ClN2S2/c11-9-8(6-12)10(15-13-9)14-7-4-2-1-3-5-7/h1-5H.